The van der Waals surface area contributed by atoms with Crippen molar-refractivity contribution in [3.05, 3.63) is 24.3 Å². The van der Waals surface area contributed by atoms with Crippen LogP contribution in [0.4, 0.5) is 18.9 Å². The number of primary amides is 1. The van der Waals surface area contributed by atoms with Crippen LogP contribution in [0.5, 0.6) is 5.75 Å². The second-order valence-corrected chi connectivity index (χ2v) is 2.89. The van der Waals surface area contributed by atoms with Gasteiger partial charge in [0.25, 0.3) is 0 Å². The van der Waals surface area contributed by atoms with Gasteiger partial charge in [0.15, 0.2) is 0 Å². The SMILES string of the molecule is NC(=O)C(=O)Nc1ccc(OC(F)(F)F)cc1. The summed E-state index contributed by atoms with van der Waals surface area (Å²) in [5.74, 6) is -2.69. The standard InChI is InChI=1S/C9H7F3N2O3/c10-9(11,12)17-6-3-1-5(2-4-6)14-8(16)7(13)15/h1-4H,(H2,13,15)(H,14,16). The zero-order valence-electron chi connectivity index (χ0n) is 8.25. The second kappa shape index (κ2) is 4.73. The monoisotopic (exact) mass is 248 g/mol. The van der Waals surface area contributed by atoms with Gasteiger partial charge in [-0.2, -0.15) is 0 Å². The molecular formula is C9H7F3N2O3. The number of carbonyl (C=O) groups excluding carboxylic acids is 2. The van der Waals surface area contributed by atoms with Gasteiger partial charge in [0, 0.05) is 5.69 Å². The van der Waals surface area contributed by atoms with Crippen LogP contribution in [0.2, 0.25) is 0 Å². The van der Waals surface area contributed by atoms with E-state index >= 15 is 0 Å². The highest BCUT2D eigenvalue weighted by molar-refractivity contribution is 6.39. The minimum Gasteiger partial charge on any atom is -0.406 e. The maximum absolute atomic E-state index is 11.8. The largest absolute Gasteiger partial charge is 0.573 e. The fourth-order valence-electron chi connectivity index (χ4n) is 0.933. The molecular weight excluding hydrogens is 241 g/mol. The number of benzene rings is 1. The molecule has 1 aromatic rings. The first-order valence-electron chi connectivity index (χ1n) is 4.24. The Labute approximate surface area is 93.3 Å². The Bertz CT molecular complexity index is 428. The predicted octanol–water partition coefficient (Wildman–Crippen LogP) is 1.01. The van der Waals surface area contributed by atoms with Gasteiger partial charge in [-0.05, 0) is 24.3 Å². The van der Waals surface area contributed by atoms with Crippen molar-refractivity contribution in [3.8, 4) is 5.75 Å². The number of alkyl halides is 3. The third kappa shape index (κ3) is 4.41. The summed E-state index contributed by atoms with van der Waals surface area (Å²) in [6.45, 7) is 0. The van der Waals surface area contributed by atoms with Crippen molar-refractivity contribution < 1.29 is 27.5 Å². The van der Waals surface area contributed by atoms with E-state index in [0.29, 0.717) is 0 Å². The number of halogens is 3. The molecule has 0 aliphatic carbocycles. The van der Waals surface area contributed by atoms with Crippen molar-refractivity contribution in [1.82, 2.24) is 0 Å². The highest BCUT2D eigenvalue weighted by Crippen LogP contribution is 2.23. The highest BCUT2D eigenvalue weighted by atomic mass is 19.4. The lowest BCUT2D eigenvalue weighted by molar-refractivity contribution is -0.274. The molecule has 0 atom stereocenters. The predicted molar refractivity (Wildman–Crippen MR) is 50.9 cm³/mol. The second-order valence-electron chi connectivity index (χ2n) is 2.89. The van der Waals surface area contributed by atoms with Gasteiger partial charge in [-0.25, -0.2) is 0 Å². The minimum absolute atomic E-state index is 0.128. The Kier molecular flexibility index (Phi) is 3.56. The van der Waals surface area contributed by atoms with E-state index in [4.69, 9.17) is 0 Å². The molecule has 0 fully saturated rings. The molecule has 0 aliphatic heterocycles. The maximum atomic E-state index is 11.8. The summed E-state index contributed by atoms with van der Waals surface area (Å²) >= 11 is 0. The molecule has 17 heavy (non-hydrogen) atoms. The zero-order chi connectivity index (χ0) is 13.1. The third-order valence-electron chi connectivity index (χ3n) is 1.57. The molecule has 0 saturated heterocycles. The van der Waals surface area contributed by atoms with Gasteiger partial charge in [0.05, 0.1) is 0 Å². The van der Waals surface area contributed by atoms with Crippen molar-refractivity contribution in [1.29, 1.82) is 0 Å². The lowest BCUT2D eigenvalue weighted by Crippen LogP contribution is -2.29. The van der Waals surface area contributed by atoms with Gasteiger partial charge in [0.2, 0.25) is 0 Å². The zero-order valence-corrected chi connectivity index (χ0v) is 8.25. The molecule has 0 spiro atoms. The van der Waals surface area contributed by atoms with E-state index in [1.54, 1.807) is 0 Å². The average Bonchev–Trinajstić information content (AvgIpc) is 2.18. The number of hydrogen-bond acceptors (Lipinski definition) is 3. The number of nitrogens with two attached hydrogens (primary N) is 1. The normalized spacial score (nSPS) is 10.8. The van der Waals surface area contributed by atoms with Gasteiger partial charge in [-0.15, -0.1) is 13.2 Å². The lowest BCUT2D eigenvalue weighted by atomic mass is 10.3. The first kappa shape index (κ1) is 12.8. The first-order chi connectivity index (χ1) is 7.78. The molecule has 0 saturated carbocycles. The van der Waals surface area contributed by atoms with Gasteiger partial charge in [0.1, 0.15) is 5.75 Å². The molecule has 1 aromatic carbocycles. The topological polar surface area (TPSA) is 81.4 Å². The molecule has 5 nitrogen and oxygen atoms in total. The molecule has 0 unspecified atom stereocenters. The summed E-state index contributed by atoms with van der Waals surface area (Å²) < 4.78 is 39.0. The van der Waals surface area contributed by atoms with Crippen LogP contribution < -0.4 is 15.8 Å². The van der Waals surface area contributed by atoms with Crippen LogP contribution >= 0.6 is 0 Å². The van der Waals surface area contributed by atoms with Crippen LogP contribution in [0.15, 0.2) is 24.3 Å². The molecule has 0 aliphatic rings. The quantitative estimate of drug-likeness (QED) is 0.766. The molecule has 3 N–H and O–H groups in total. The van der Waals surface area contributed by atoms with E-state index in [2.05, 4.69) is 15.8 Å². The Morgan fingerprint density at radius 3 is 2.12 bits per heavy atom. The van der Waals surface area contributed by atoms with Crippen LogP contribution in [0.25, 0.3) is 0 Å². The third-order valence-corrected chi connectivity index (χ3v) is 1.57. The van der Waals surface area contributed by atoms with Gasteiger partial charge in [-0.3, -0.25) is 9.59 Å². The van der Waals surface area contributed by atoms with Crippen molar-refractivity contribution in [3.63, 3.8) is 0 Å². The fraction of sp³-hybridized carbons (Fsp3) is 0.111. The minimum atomic E-state index is -4.78. The Hall–Kier alpha value is -2.25. The van der Waals surface area contributed by atoms with Crippen LogP contribution in [-0.4, -0.2) is 18.2 Å². The summed E-state index contributed by atoms with van der Waals surface area (Å²) in [5.41, 5.74) is 4.80. The Balaban J connectivity index is 2.68. The Morgan fingerprint density at radius 1 is 1.18 bits per heavy atom. The number of hydrogen-bond donors (Lipinski definition) is 2. The van der Waals surface area contributed by atoms with Gasteiger partial charge < -0.3 is 15.8 Å². The van der Waals surface area contributed by atoms with Crippen molar-refractivity contribution in [2.24, 2.45) is 5.73 Å². The van der Waals surface area contributed by atoms with E-state index in [1.807, 2.05) is 0 Å². The number of rotatable bonds is 2. The summed E-state index contributed by atoms with van der Waals surface area (Å²) in [7, 11) is 0. The van der Waals surface area contributed by atoms with Crippen LogP contribution in [0.1, 0.15) is 0 Å². The summed E-state index contributed by atoms with van der Waals surface area (Å²) in [4.78, 5) is 21.2. The van der Waals surface area contributed by atoms with E-state index < -0.39 is 23.9 Å². The number of carbonyl (C=O) groups is 2. The molecule has 0 bridgehead atoms. The molecule has 1 rings (SSSR count). The number of amides is 2. The average molecular weight is 248 g/mol. The van der Waals surface area contributed by atoms with Crippen LogP contribution in [0.3, 0.4) is 0 Å². The maximum Gasteiger partial charge on any atom is 0.573 e. The molecule has 2 amide bonds. The summed E-state index contributed by atoms with van der Waals surface area (Å²) in [6.07, 6.45) is -4.78. The molecule has 0 aromatic heterocycles. The highest BCUT2D eigenvalue weighted by Gasteiger charge is 2.30. The summed E-state index contributed by atoms with van der Waals surface area (Å²) in [6, 6.07) is 4.26. The van der Waals surface area contributed by atoms with E-state index in [1.165, 1.54) is 0 Å². The van der Waals surface area contributed by atoms with Crippen molar-refractivity contribution >= 4 is 17.5 Å². The van der Waals surface area contributed by atoms with E-state index in [9.17, 15) is 22.8 Å². The lowest BCUT2D eigenvalue weighted by Gasteiger charge is -2.09. The van der Waals surface area contributed by atoms with Crippen molar-refractivity contribution in [2.75, 3.05) is 5.32 Å². The number of nitrogens with one attached hydrogen (secondary N) is 1. The number of ether oxygens (including phenoxy) is 1. The molecule has 0 radical (unpaired) electrons. The van der Waals surface area contributed by atoms with Gasteiger partial charge >= 0.3 is 18.2 Å². The first-order valence-corrected chi connectivity index (χ1v) is 4.24. The van der Waals surface area contributed by atoms with Crippen LogP contribution in [0, 0.1) is 0 Å². The molecule has 0 heterocycles. The summed E-state index contributed by atoms with van der Waals surface area (Å²) in [5, 5.41) is 2.08. The van der Waals surface area contributed by atoms with E-state index in [0.717, 1.165) is 24.3 Å². The van der Waals surface area contributed by atoms with Gasteiger partial charge in [-0.1, -0.05) is 0 Å². The molecule has 92 valence electrons. The van der Waals surface area contributed by atoms with Crippen LogP contribution in [-0.2, 0) is 9.59 Å². The Morgan fingerprint density at radius 2 is 1.71 bits per heavy atom. The fourth-order valence-corrected chi connectivity index (χ4v) is 0.933. The van der Waals surface area contributed by atoms with Crippen molar-refractivity contribution in [2.45, 2.75) is 6.36 Å². The van der Waals surface area contributed by atoms with E-state index in [-0.39, 0.29) is 5.69 Å². The number of anilines is 1. The smallest absolute Gasteiger partial charge is 0.406 e. The molecule has 8 heteroatoms.